The van der Waals surface area contributed by atoms with E-state index >= 15 is 0 Å². The van der Waals surface area contributed by atoms with Gasteiger partial charge in [0.1, 0.15) is 11.5 Å². The second-order valence-electron chi connectivity index (χ2n) is 8.32. The minimum absolute atomic E-state index is 0.0974. The number of rotatable bonds is 4. The van der Waals surface area contributed by atoms with Crippen molar-refractivity contribution < 1.29 is 13.2 Å². The van der Waals surface area contributed by atoms with Gasteiger partial charge in [0.15, 0.2) is 5.65 Å². The van der Waals surface area contributed by atoms with Crippen molar-refractivity contribution in [2.75, 3.05) is 18.0 Å². The predicted octanol–water partition coefficient (Wildman–Crippen LogP) is 4.24. The molecule has 1 aliphatic heterocycles. The lowest BCUT2D eigenvalue weighted by molar-refractivity contribution is -0.137. The van der Waals surface area contributed by atoms with Crippen molar-refractivity contribution in [3.8, 4) is 11.4 Å². The molecule has 2 atom stereocenters. The molecule has 0 spiro atoms. The van der Waals surface area contributed by atoms with E-state index in [9.17, 15) is 13.2 Å². The molecule has 0 unspecified atom stereocenters. The van der Waals surface area contributed by atoms with Gasteiger partial charge in [0.2, 0.25) is 0 Å². The largest absolute Gasteiger partial charge is 0.418 e. The zero-order valence-corrected chi connectivity index (χ0v) is 16.9. The van der Waals surface area contributed by atoms with Crippen molar-refractivity contribution >= 4 is 16.9 Å². The first kappa shape index (κ1) is 20.6. The maximum absolute atomic E-state index is 13.8. The van der Waals surface area contributed by atoms with Crippen LogP contribution >= 0.6 is 0 Å². The summed E-state index contributed by atoms with van der Waals surface area (Å²) in [6.07, 6.45) is -1.23. The molecule has 0 saturated carbocycles. The second kappa shape index (κ2) is 7.86. The van der Waals surface area contributed by atoms with Crippen LogP contribution in [0.2, 0.25) is 0 Å². The highest BCUT2D eigenvalue weighted by Crippen LogP contribution is 2.39. The van der Waals surface area contributed by atoms with Gasteiger partial charge in [-0.2, -0.15) is 18.3 Å². The lowest BCUT2D eigenvalue weighted by Gasteiger charge is -2.38. The Hall–Kier alpha value is -2.68. The molecule has 0 aliphatic carbocycles. The summed E-state index contributed by atoms with van der Waals surface area (Å²) in [6, 6.07) is 6.01. The molecule has 1 saturated heterocycles. The first-order chi connectivity index (χ1) is 14.2. The maximum Gasteiger partial charge on any atom is 0.418 e. The number of pyridine rings is 2. The Morgan fingerprint density at radius 3 is 2.80 bits per heavy atom. The fourth-order valence-corrected chi connectivity index (χ4v) is 4.19. The molecule has 0 amide bonds. The van der Waals surface area contributed by atoms with Crippen molar-refractivity contribution in [1.29, 1.82) is 0 Å². The minimum Gasteiger partial charge on any atom is -0.356 e. The second-order valence-corrected chi connectivity index (χ2v) is 8.32. The summed E-state index contributed by atoms with van der Waals surface area (Å²) < 4.78 is 41.3. The molecular weight excluding hydrogens is 393 g/mol. The van der Waals surface area contributed by atoms with Crippen molar-refractivity contribution in [2.45, 2.75) is 38.9 Å². The van der Waals surface area contributed by atoms with E-state index in [-0.39, 0.29) is 23.3 Å². The monoisotopic (exact) mass is 418 g/mol. The molecule has 160 valence electrons. The SMILES string of the molecule is CC(C)C[C@H]1CN(c2ccc(C(F)(F)F)c(-c3[nH]nc4ncccc34)n2)CC[C@@H]1N. The Morgan fingerprint density at radius 1 is 1.27 bits per heavy atom. The van der Waals surface area contributed by atoms with Gasteiger partial charge in [-0.1, -0.05) is 13.8 Å². The molecule has 1 aliphatic rings. The number of halogens is 3. The topological polar surface area (TPSA) is 83.7 Å². The van der Waals surface area contributed by atoms with E-state index in [0.29, 0.717) is 35.9 Å². The van der Waals surface area contributed by atoms with Gasteiger partial charge in [0, 0.05) is 30.7 Å². The highest BCUT2D eigenvalue weighted by molar-refractivity contribution is 5.90. The number of aromatic nitrogens is 4. The van der Waals surface area contributed by atoms with Gasteiger partial charge < -0.3 is 10.6 Å². The Morgan fingerprint density at radius 2 is 2.07 bits per heavy atom. The zero-order chi connectivity index (χ0) is 21.5. The number of aromatic amines is 1. The Balaban J connectivity index is 1.76. The minimum atomic E-state index is -4.54. The highest BCUT2D eigenvalue weighted by Gasteiger charge is 2.36. The average molecular weight is 418 g/mol. The molecule has 9 heteroatoms. The fourth-order valence-electron chi connectivity index (χ4n) is 4.19. The summed E-state index contributed by atoms with van der Waals surface area (Å²) in [7, 11) is 0. The van der Waals surface area contributed by atoms with Crippen LogP contribution in [0.5, 0.6) is 0 Å². The first-order valence-corrected chi connectivity index (χ1v) is 10.1. The number of nitrogens with one attached hydrogen (secondary N) is 1. The van der Waals surface area contributed by atoms with Crippen LogP contribution in [0.1, 0.15) is 32.3 Å². The Bertz CT molecular complexity index is 1030. The van der Waals surface area contributed by atoms with Crippen molar-refractivity contribution in [3.05, 3.63) is 36.0 Å². The van der Waals surface area contributed by atoms with E-state index in [4.69, 9.17) is 5.73 Å². The molecule has 3 aromatic rings. The van der Waals surface area contributed by atoms with Crippen LogP contribution in [0.4, 0.5) is 19.0 Å². The number of anilines is 1. The van der Waals surface area contributed by atoms with E-state index < -0.39 is 11.7 Å². The summed E-state index contributed by atoms with van der Waals surface area (Å²) in [6.45, 7) is 5.65. The number of nitrogens with two attached hydrogens (primary N) is 1. The van der Waals surface area contributed by atoms with Crippen LogP contribution in [0, 0.1) is 11.8 Å². The van der Waals surface area contributed by atoms with Crippen LogP contribution in [0.3, 0.4) is 0 Å². The van der Waals surface area contributed by atoms with Gasteiger partial charge >= 0.3 is 6.18 Å². The third-order valence-electron chi connectivity index (χ3n) is 5.64. The van der Waals surface area contributed by atoms with E-state index in [1.807, 2.05) is 4.90 Å². The summed E-state index contributed by atoms with van der Waals surface area (Å²) in [5.74, 6) is 1.30. The predicted molar refractivity (Wildman–Crippen MR) is 110 cm³/mol. The maximum atomic E-state index is 13.8. The molecule has 4 rings (SSSR count). The molecule has 4 heterocycles. The molecule has 3 N–H and O–H groups in total. The van der Waals surface area contributed by atoms with Gasteiger partial charge in [0.05, 0.1) is 11.3 Å². The number of H-pyrrole nitrogens is 1. The lowest BCUT2D eigenvalue weighted by atomic mass is 9.86. The summed E-state index contributed by atoms with van der Waals surface area (Å²) in [5, 5.41) is 7.25. The normalized spacial score (nSPS) is 20.3. The van der Waals surface area contributed by atoms with Crippen molar-refractivity contribution in [2.24, 2.45) is 17.6 Å². The summed E-state index contributed by atoms with van der Waals surface area (Å²) in [5.41, 5.74) is 5.92. The van der Waals surface area contributed by atoms with Crippen molar-refractivity contribution in [1.82, 2.24) is 20.2 Å². The van der Waals surface area contributed by atoms with Crippen LogP contribution in [0.15, 0.2) is 30.5 Å². The molecule has 6 nitrogen and oxygen atoms in total. The number of hydrogen-bond donors (Lipinski definition) is 2. The van der Waals surface area contributed by atoms with Gasteiger partial charge in [0.25, 0.3) is 0 Å². The smallest absolute Gasteiger partial charge is 0.356 e. The summed E-state index contributed by atoms with van der Waals surface area (Å²) >= 11 is 0. The standard InChI is InChI=1S/C21H25F3N6/c1-12(2)10-13-11-30(9-7-16(13)25)17-6-5-15(21(22,23)24)19(27-17)18-14-4-3-8-26-20(14)29-28-18/h3-6,8,12-13,16H,7,9-11,25H2,1-2H3,(H,26,28,29)/t13-,16-/m0/s1. The first-order valence-electron chi connectivity index (χ1n) is 10.1. The molecule has 3 aromatic heterocycles. The van der Waals surface area contributed by atoms with Crippen LogP contribution in [0.25, 0.3) is 22.4 Å². The Labute approximate surface area is 172 Å². The fraction of sp³-hybridized carbons (Fsp3) is 0.476. The van der Waals surface area contributed by atoms with Crippen LogP contribution in [-0.2, 0) is 6.18 Å². The van der Waals surface area contributed by atoms with Gasteiger partial charge in [-0.05, 0) is 48.9 Å². The molecule has 0 radical (unpaired) electrons. The molecule has 30 heavy (non-hydrogen) atoms. The van der Waals surface area contributed by atoms with Crippen LogP contribution in [-0.4, -0.2) is 39.3 Å². The van der Waals surface area contributed by atoms with E-state index in [1.54, 1.807) is 18.3 Å². The average Bonchev–Trinajstić information content (AvgIpc) is 3.12. The molecule has 0 bridgehead atoms. The van der Waals surface area contributed by atoms with E-state index in [0.717, 1.165) is 18.9 Å². The third-order valence-corrected chi connectivity index (χ3v) is 5.64. The van der Waals surface area contributed by atoms with E-state index in [2.05, 4.69) is 34.0 Å². The van der Waals surface area contributed by atoms with E-state index in [1.165, 1.54) is 6.07 Å². The molecular formula is C21H25F3N6. The third kappa shape index (κ3) is 3.98. The molecule has 0 aromatic carbocycles. The summed E-state index contributed by atoms with van der Waals surface area (Å²) in [4.78, 5) is 10.6. The quantitative estimate of drug-likeness (QED) is 0.662. The number of hydrogen-bond acceptors (Lipinski definition) is 5. The number of piperidine rings is 1. The highest BCUT2D eigenvalue weighted by atomic mass is 19.4. The zero-order valence-electron chi connectivity index (χ0n) is 16.9. The number of nitrogens with zero attached hydrogens (tertiary/aromatic N) is 4. The Kier molecular flexibility index (Phi) is 5.40. The lowest BCUT2D eigenvalue weighted by Crippen LogP contribution is -2.47. The van der Waals surface area contributed by atoms with Crippen molar-refractivity contribution in [3.63, 3.8) is 0 Å². The number of alkyl halides is 3. The van der Waals surface area contributed by atoms with Crippen LogP contribution < -0.4 is 10.6 Å². The van der Waals surface area contributed by atoms with Gasteiger partial charge in [-0.15, -0.1) is 0 Å². The van der Waals surface area contributed by atoms with Gasteiger partial charge in [-0.25, -0.2) is 9.97 Å². The van der Waals surface area contributed by atoms with Gasteiger partial charge in [-0.3, -0.25) is 5.10 Å². The molecule has 1 fully saturated rings. The number of fused-ring (bicyclic) bond motifs is 1.